The molecular formula is C23H20BrN3O3. The Morgan fingerprint density at radius 2 is 1.93 bits per heavy atom. The second-order valence-electron chi connectivity index (χ2n) is 6.99. The Morgan fingerprint density at radius 1 is 1.17 bits per heavy atom. The fraction of sp³-hybridized carbons (Fsp3) is 0.174. The molecule has 0 spiro atoms. The Hall–Kier alpha value is -3.19. The number of benzene rings is 2. The number of pyridine rings is 1. The van der Waals surface area contributed by atoms with Gasteiger partial charge in [0.2, 0.25) is 5.91 Å². The van der Waals surface area contributed by atoms with Crippen molar-refractivity contribution in [3.8, 4) is 5.75 Å². The summed E-state index contributed by atoms with van der Waals surface area (Å²) < 4.78 is 6.07. The SMILES string of the molecule is COc1ccc([C@H](CC(=O)Nc2ccc(Br)cn2)N2Cc3ccccc3C2=O)cc1. The summed E-state index contributed by atoms with van der Waals surface area (Å²) in [6.07, 6.45) is 1.74. The largest absolute Gasteiger partial charge is 0.497 e. The fourth-order valence-electron chi connectivity index (χ4n) is 3.58. The van der Waals surface area contributed by atoms with E-state index < -0.39 is 6.04 Å². The monoisotopic (exact) mass is 465 g/mol. The van der Waals surface area contributed by atoms with Crippen LogP contribution >= 0.6 is 15.9 Å². The van der Waals surface area contributed by atoms with Crippen LogP contribution in [0.15, 0.2) is 71.3 Å². The summed E-state index contributed by atoms with van der Waals surface area (Å²) in [5.74, 6) is 0.903. The average Bonchev–Trinajstić information content (AvgIpc) is 3.10. The summed E-state index contributed by atoms with van der Waals surface area (Å²) in [4.78, 5) is 31.8. The fourth-order valence-corrected chi connectivity index (χ4v) is 3.82. The molecule has 2 aromatic carbocycles. The zero-order valence-corrected chi connectivity index (χ0v) is 17.9. The van der Waals surface area contributed by atoms with Crippen molar-refractivity contribution in [2.45, 2.75) is 19.0 Å². The van der Waals surface area contributed by atoms with Crippen LogP contribution in [0.4, 0.5) is 5.82 Å². The molecule has 2 amide bonds. The number of fused-ring (bicyclic) bond motifs is 1. The van der Waals surface area contributed by atoms with Crippen LogP contribution in [-0.4, -0.2) is 28.8 Å². The van der Waals surface area contributed by atoms with Gasteiger partial charge in [0.05, 0.1) is 19.6 Å². The molecule has 3 aromatic rings. The third kappa shape index (κ3) is 4.21. The third-order valence-electron chi connectivity index (χ3n) is 5.10. The minimum Gasteiger partial charge on any atom is -0.497 e. The topological polar surface area (TPSA) is 71.5 Å². The number of nitrogens with one attached hydrogen (secondary N) is 1. The van der Waals surface area contributed by atoms with Crippen molar-refractivity contribution >= 4 is 33.6 Å². The van der Waals surface area contributed by atoms with Crippen LogP contribution in [0, 0.1) is 0 Å². The predicted octanol–water partition coefficient (Wildman–Crippen LogP) is 4.58. The molecule has 152 valence electrons. The van der Waals surface area contributed by atoms with E-state index in [1.54, 1.807) is 24.3 Å². The molecule has 0 saturated heterocycles. The van der Waals surface area contributed by atoms with Gasteiger partial charge in [-0.05, 0) is 57.4 Å². The molecule has 6 nitrogen and oxygen atoms in total. The molecule has 2 heterocycles. The summed E-state index contributed by atoms with van der Waals surface area (Å²) in [7, 11) is 1.60. The molecule has 1 N–H and O–H groups in total. The Bertz CT molecular complexity index is 1070. The highest BCUT2D eigenvalue weighted by atomic mass is 79.9. The van der Waals surface area contributed by atoms with Gasteiger partial charge in [-0.15, -0.1) is 0 Å². The van der Waals surface area contributed by atoms with Gasteiger partial charge >= 0.3 is 0 Å². The number of rotatable bonds is 6. The van der Waals surface area contributed by atoms with Gasteiger partial charge in [0, 0.05) is 22.8 Å². The number of carbonyl (C=O) groups excluding carboxylic acids is 2. The highest BCUT2D eigenvalue weighted by molar-refractivity contribution is 9.10. The molecule has 1 atom stereocenters. The molecule has 0 aliphatic carbocycles. The van der Waals surface area contributed by atoms with Crippen molar-refractivity contribution < 1.29 is 14.3 Å². The predicted molar refractivity (Wildman–Crippen MR) is 117 cm³/mol. The highest BCUT2D eigenvalue weighted by Crippen LogP contribution is 2.34. The lowest BCUT2D eigenvalue weighted by atomic mass is 10.0. The molecule has 1 aliphatic rings. The lowest BCUT2D eigenvalue weighted by Crippen LogP contribution is -2.32. The van der Waals surface area contributed by atoms with E-state index in [9.17, 15) is 9.59 Å². The summed E-state index contributed by atoms with van der Waals surface area (Å²) in [5, 5.41) is 2.82. The van der Waals surface area contributed by atoms with E-state index in [0.717, 1.165) is 21.3 Å². The summed E-state index contributed by atoms with van der Waals surface area (Å²) >= 11 is 3.33. The normalized spacial score (nSPS) is 13.7. The van der Waals surface area contributed by atoms with E-state index in [1.165, 1.54) is 0 Å². The number of hydrogen-bond donors (Lipinski definition) is 1. The van der Waals surface area contributed by atoms with E-state index in [4.69, 9.17) is 4.74 Å². The van der Waals surface area contributed by atoms with Crippen LogP contribution in [0.25, 0.3) is 0 Å². The van der Waals surface area contributed by atoms with Crippen molar-refractivity contribution in [1.82, 2.24) is 9.88 Å². The zero-order chi connectivity index (χ0) is 21.1. The Balaban J connectivity index is 1.59. The number of halogens is 1. The maximum absolute atomic E-state index is 13.1. The van der Waals surface area contributed by atoms with Crippen LogP contribution in [0.3, 0.4) is 0 Å². The van der Waals surface area contributed by atoms with Crippen molar-refractivity contribution in [2.75, 3.05) is 12.4 Å². The third-order valence-corrected chi connectivity index (χ3v) is 5.57. The second-order valence-corrected chi connectivity index (χ2v) is 7.91. The maximum atomic E-state index is 13.1. The lowest BCUT2D eigenvalue weighted by Gasteiger charge is -2.28. The molecular weight excluding hydrogens is 446 g/mol. The summed E-state index contributed by atoms with van der Waals surface area (Å²) in [6, 6.07) is 18.1. The van der Waals surface area contributed by atoms with Gasteiger partial charge in [-0.25, -0.2) is 4.98 Å². The number of carbonyl (C=O) groups is 2. The number of anilines is 1. The lowest BCUT2D eigenvalue weighted by molar-refractivity contribution is -0.117. The zero-order valence-electron chi connectivity index (χ0n) is 16.3. The van der Waals surface area contributed by atoms with Crippen LogP contribution < -0.4 is 10.1 Å². The van der Waals surface area contributed by atoms with Gasteiger partial charge in [-0.2, -0.15) is 0 Å². The number of methoxy groups -OCH3 is 1. The van der Waals surface area contributed by atoms with E-state index in [1.807, 2.05) is 54.6 Å². The first-order chi connectivity index (χ1) is 14.5. The van der Waals surface area contributed by atoms with Gasteiger partial charge in [-0.3, -0.25) is 9.59 Å². The van der Waals surface area contributed by atoms with Crippen LogP contribution in [0.1, 0.15) is 33.9 Å². The molecule has 0 saturated carbocycles. The Morgan fingerprint density at radius 3 is 2.60 bits per heavy atom. The van der Waals surface area contributed by atoms with E-state index >= 15 is 0 Å². The van der Waals surface area contributed by atoms with Crippen molar-refractivity contribution in [2.24, 2.45) is 0 Å². The molecule has 30 heavy (non-hydrogen) atoms. The van der Waals surface area contributed by atoms with Crippen molar-refractivity contribution in [3.05, 3.63) is 88.0 Å². The number of amides is 2. The molecule has 7 heteroatoms. The van der Waals surface area contributed by atoms with Gasteiger partial charge in [-0.1, -0.05) is 30.3 Å². The molecule has 0 fully saturated rings. The molecule has 0 bridgehead atoms. The minimum atomic E-state index is -0.411. The van der Waals surface area contributed by atoms with E-state index in [-0.39, 0.29) is 18.2 Å². The summed E-state index contributed by atoms with van der Waals surface area (Å²) in [6.45, 7) is 0.468. The van der Waals surface area contributed by atoms with E-state index in [2.05, 4.69) is 26.2 Å². The van der Waals surface area contributed by atoms with Gasteiger partial charge in [0.1, 0.15) is 11.6 Å². The molecule has 1 aromatic heterocycles. The molecule has 4 rings (SSSR count). The Kier molecular flexibility index (Phi) is 5.81. The van der Waals surface area contributed by atoms with Crippen LogP contribution in [0.5, 0.6) is 5.75 Å². The highest BCUT2D eigenvalue weighted by Gasteiger charge is 2.34. The van der Waals surface area contributed by atoms with Crippen molar-refractivity contribution in [3.63, 3.8) is 0 Å². The number of nitrogens with zero attached hydrogens (tertiary/aromatic N) is 2. The first-order valence-corrected chi connectivity index (χ1v) is 10.3. The molecule has 0 unspecified atom stereocenters. The first-order valence-electron chi connectivity index (χ1n) is 9.49. The van der Waals surface area contributed by atoms with Gasteiger partial charge < -0.3 is 15.0 Å². The van der Waals surface area contributed by atoms with Crippen LogP contribution in [-0.2, 0) is 11.3 Å². The Labute approximate surface area is 183 Å². The second kappa shape index (κ2) is 8.67. The number of ether oxygens (including phenoxy) is 1. The smallest absolute Gasteiger partial charge is 0.255 e. The maximum Gasteiger partial charge on any atom is 0.255 e. The quantitative estimate of drug-likeness (QED) is 0.578. The minimum absolute atomic E-state index is 0.0685. The van der Waals surface area contributed by atoms with Gasteiger partial charge in [0.15, 0.2) is 0 Å². The molecule has 0 radical (unpaired) electrons. The average molecular weight is 466 g/mol. The first kappa shape index (κ1) is 20.1. The van der Waals surface area contributed by atoms with Crippen molar-refractivity contribution in [1.29, 1.82) is 0 Å². The van der Waals surface area contributed by atoms with E-state index in [0.29, 0.717) is 17.9 Å². The standard InChI is InChI=1S/C23H20BrN3O3/c1-30-18-9-6-15(7-10-18)20(12-22(28)26-21-11-8-17(24)13-25-21)27-14-16-4-2-3-5-19(16)23(27)29/h2-11,13,20H,12,14H2,1H3,(H,25,26,28)/t20-/m0/s1. The van der Waals surface area contributed by atoms with Crippen LogP contribution in [0.2, 0.25) is 0 Å². The number of aromatic nitrogens is 1. The summed E-state index contributed by atoms with van der Waals surface area (Å²) in [5.41, 5.74) is 2.53. The number of hydrogen-bond acceptors (Lipinski definition) is 4. The molecule has 1 aliphatic heterocycles. The van der Waals surface area contributed by atoms with Gasteiger partial charge in [0.25, 0.3) is 5.91 Å².